The molecule has 1 heterocycles. The summed E-state index contributed by atoms with van der Waals surface area (Å²) in [6.07, 6.45) is 5.00. The Hall–Kier alpha value is -1.41. The quantitative estimate of drug-likeness (QED) is 0.571. The molecule has 0 radical (unpaired) electrons. The molecule has 2 nitrogen and oxygen atoms in total. The van der Waals surface area contributed by atoms with Gasteiger partial charge in [0.25, 0.3) is 0 Å². The first-order valence-electron chi connectivity index (χ1n) is 6.27. The van der Waals surface area contributed by atoms with Crippen LogP contribution in [-0.2, 0) is 0 Å². The fourth-order valence-electron chi connectivity index (χ4n) is 2.43. The summed E-state index contributed by atoms with van der Waals surface area (Å²) >= 11 is 0. The Labute approximate surface area is 103 Å². The maximum atomic E-state index is 12.4. The molecule has 0 amide bonds. The van der Waals surface area contributed by atoms with Crippen LogP contribution in [0.2, 0.25) is 0 Å². The van der Waals surface area contributed by atoms with Gasteiger partial charge in [0.2, 0.25) is 0 Å². The fraction of sp³-hybridized carbons (Fsp3) is 0.400. The number of likely N-dealkylation sites (tertiary alicyclic amines) is 1. The highest BCUT2D eigenvalue weighted by atomic mass is 16.1. The van der Waals surface area contributed by atoms with E-state index in [1.807, 2.05) is 36.4 Å². The third-order valence-electron chi connectivity index (χ3n) is 3.33. The van der Waals surface area contributed by atoms with E-state index in [9.17, 15) is 4.79 Å². The van der Waals surface area contributed by atoms with Crippen molar-refractivity contribution in [1.82, 2.24) is 4.90 Å². The van der Waals surface area contributed by atoms with Crippen LogP contribution < -0.4 is 0 Å². The highest BCUT2D eigenvalue weighted by molar-refractivity contribution is 6.00. The van der Waals surface area contributed by atoms with E-state index in [1.54, 1.807) is 0 Å². The standard InChI is InChI=1S/C15H19NO/c1-2-8-14(16-11-6-7-12-16)15(17)13-9-4-3-5-10-13/h2-5,9-10,14H,1,6-8,11-12H2. The Bertz CT molecular complexity index is 379. The zero-order chi connectivity index (χ0) is 12.1. The molecule has 1 atom stereocenters. The first-order chi connectivity index (χ1) is 8.33. The van der Waals surface area contributed by atoms with Gasteiger partial charge in [-0.2, -0.15) is 0 Å². The topological polar surface area (TPSA) is 20.3 Å². The van der Waals surface area contributed by atoms with E-state index in [-0.39, 0.29) is 11.8 Å². The Kier molecular flexibility index (Phi) is 4.10. The minimum Gasteiger partial charge on any atom is -0.293 e. The van der Waals surface area contributed by atoms with Gasteiger partial charge in [-0.1, -0.05) is 36.4 Å². The molecule has 1 aliphatic rings. The third-order valence-corrected chi connectivity index (χ3v) is 3.33. The molecule has 1 fully saturated rings. The molecular weight excluding hydrogens is 210 g/mol. The summed E-state index contributed by atoms with van der Waals surface area (Å²) in [5.41, 5.74) is 0.811. The largest absolute Gasteiger partial charge is 0.293 e. The summed E-state index contributed by atoms with van der Waals surface area (Å²) in [4.78, 5) is 14.7. The number of nitrogens with zero attached hydrogens (tertiary/aromatic N) is 1. The summed E-state index contributed by atoms with van der Waals surface area (Å²) in [6, 6.07) is 9.56. The summed E-state index contributed by atoms with van der Waals surface area (Å²) in [5.74, 6) is 0.229. The molecule has 90 valence electrons. The zero-order valence-electron chi connectivity index (χ0n) is 10.1. The molecule has 1 aromatic carbocycles. The molecular formula is C15H19NO. The monoisotopic (exact) mass is 229 g/mol. The minimum absolute atomic E-state index is 0.0163. The lowest BCUT2D eigenvalue weighted by Crippen LogP contribution is -2.39. The van der Waals surface area contributed by atoms with E-state index in [4.69, 9.17) is 0 Å². The molecule has 17 heavy (non-hydrogen) atoms. The summed E-state index contributed by atoms with van der Waals surface area (Å²) in [5, 5.41) is 0. The van der Waals surface area contributed by atoms with Crippen molar-refractivity contribution in [2.45, 2.75) is 25.3 Å². The summed E-state index contributed by atoms with van der Waals surface area (Å²) < 4.78 is 0. The lowest BCUT2D eigenvalue weighted by Gasteiger charge is -2.25. The molecule has 2 rings (SSSR count). The number of carbonyl (C=O) groups is 1. The number of carbonyl (C=O) groups excluding carboxylic acids is 1. The second-order valence-corrected chi connectivity index (χ2v) is 4.51. The molecule has 1 aliphatic heterocycles. The van der Waals surface area contributed by atoms with Crippen molar-refractivity contribution in [1.29, 1.82) is 0 Å². The van der Waals surface area contributed by atoms with Crippen LogP contribution in [0.15, 0.2) is 43.0 Å². The highest BCUT2D eigenvalue weighted by Gasteiger charge is 2.27. The van der Waals surface area contributed by atoms with E-state index in [0.29, 0.717) is 0 Å². The highest BCUT2D eigenvalue weighted by Crippen LogP contribution is 2.18. The first-order valence-corrected chi connectivity index (χ1v) is 6.27. The van der Waals surface area contributed by atoms with Crippen LogP contribution in [0.25, 0.3) is 0 Å². The molecule has 1 aromatic rings. The Morgan fingerprint density at radius 2 is 1.94 bits per heavy atom. The molecule has 0 spiro atoms. The van der Waals surface area contributed by atoms with Crippen molar-refractivity contribution < 1.29 is 4.79 Å². The maximum Gasteiger partial charge on any atom is 0.180 e. The number of benzene rings is 1. The number of hydrogen-bond acceptors (Lipinski definition) is 2. The lowest BCUT2D eigenvalue weighted by molar-refractivity contribution is 0.0851. The van der Waals surface area contributed by atoms with Gasteiger partial charge in [0.05, 0.1) is 6.04 Å². The van der Waals surface area contributed by atoms with Gasteiger partial charge in [0.1, 0.15) is 0 Å². The zero-order valence-corrected chi connectivity index (χ0v) is 10.1. The number of Topliss-reactive ketones (excluding diaryl/α,β-unsaturated/α-hetero) is 1. The summed E-state index contributed by atoms with van der Waals surface area (Å²) in [6.45, 7) is 5.85. The smallest absolute Gasteiger partial charge is 0.180 e. The molecule has 0 bridgehead atoms. The average Bonchev–Trinajstić information content (AvgIpc) is 2.90. The molecule has 1 saturated heterocycles. The van der Waals surface area contributed by atoms with Gasteiger partial charge in [-0.15, -0.1) is 6.58 Å². The second kappa shape index (κ2) is 5.78. The minimum atomic E-state index is -0.0163. The first kappa shape index (κ1) is 12.1. The Morgan fingerprint density at radius 1 is 1.29 bits per heavy atom. The van der Waals surface area contributed by atoms with Gasteiger partial charge in [-0.3, -0.25) is 9.69 Å². The second-order valence-electron chi connectivity index (χ2n) is 4.51. The molecule has 1 unspecified atom stereocenters. The predicted molar refractivity (Wildman–Crippen MR) is 70.2 cm³/mol. The fourth-order valence-corrected chi connectivity index (χ4v) is 2.43. The van der Waals surface area contributed by atoms with Crippen LogP contribution in [-0.4, -0.2) is 29.8 Å². The Morgan fingerprint density at radius 3 is 2.53 bits per heavy atom. The van der Waals surface area contributed by atoms with Crippen molar-refractivity contribution in [2.75, 3.05) is 13.1 Å². The lowest BCUT2D eigenvalue weighted by atomic mass is 10.0. The maximum absolute atomic E-state index is 12.4. The van der Waals surface area contributed by atoms with Gasteiger partial charge < -0.3 is 0 Å². The number of rotatable bonds is 5. The van der Waals surface area contributed by atoms with E-state index in [2.05, 4.69) is 11.5 Å². The van der Waals surface area contributed by atoms with Crippen molar-refractivity contribution in [3.63, 3.8) is 0 Å². The van der Waals surface area contributed by atoms with E-state index >= 15 is 0 Å². The Balaban J connectivity index is 2.15. The predicted octanol–water partition coefficient (Wildman–Crippen LogP) is 2.91. The van der Waals surface area contributed by atoms with Gasteiger partial charge in [0.15, 0.2) is 5.78 Å². The normalized spacial score (nSPS) is 17.9. The van der Waals surface area contributed by atoms with Crippen LogP contribution in [0.3, 0.4) is 0 Å². The average molecular weight is 229 g/mol. The molecule has 0 aliphatic carbocycles. The number of ketones is 1. The SMILES string of the molecule is C=CCC(C(=O)c1ccccc1)N1CCCC1. The molecule has 0 N–H and O–H groups in total. The van der Waals surface area contributed by atoms with Crippen LogP contribution in [0.5, 0.6) is 0 Å². The molecule has 0 aromatic heterocycles. The van der Waals surface area contributed by atoms with Gasteiger partial charge in [-0.25, -0.2) is 0 Å². The van der Waals surface area contributed by atoms with Crippen LogP contribution in [0, 0.1) is 0 Å². The van der Waals surface area contributed by atoms with Crippen molar-refractivity contribution >= 4 is 5.78 Å². The van der Waals surface area contributed by atoms with E-state index in [0.717, 1.165) is 25.1 Å². The number of hydrogen-bond donors (Lipinski definition) is 0. The molecule has 2 heteroatoms. The van der Waals surface area contributed by atoms with Crippen LogP contribution >= 0.6 is 0 Å². The van der Waals surface area contributed by atoms with Crippen molar-refractivity contribution in [3.05, 3.63) is 48.6 Å². The summed E-state index contributed by atoms with van der Waals surface area (Å²) in [7, 11) is 0. The molecule has 0 saturated carbocycles. The van der Waals surface area contributed by atoms with Crippen LogP contribution in [0.1, 0.15) is 29.6 Å². The van der Waals surface area contributed by atoms with E-state index in [1.165, 1.54) is 12.8 Å². The van der Waals surface area contributed by atoms with Gasteiger partial charge in [-0.05, 0) is 32.4 Å². The van der Waals surface area contributed by atoms with Crippen molar-refractivity contribution in [3.8, 4) is 0 Å². The van der Waals surface area contributed by atoms with Gasteiger partial charge in [0, 0.05) is 5.56 Å². The third kappa shape index (κ3) is 2.83. The van der Waals surface area contributed by atoms with Crippen molar-refractivity contribution in [2.24, 2.45) is 0 Å². The van der Waals surface area contributed by atoms with Gasteiger partial charge >= 0.3 is 0 Å². The van der Waals surface area contributed by atoms with E-state index < -0.39 is 0 Å². The van der Waals surface area contributed by atoms with Crippen LogP contribution in [0.4, 0.5) is 0 Å².